The number of rotatable bonds is 2. The molecule has 0 fully saturated rings. The summed E-state index contributed by atoms with van der Waals surface area (Å²) in [4.78, 5) is 0. The van der Waals surface area contributed by atoms with Gasteiger partial charge in [-0.15, -0.1) is 0 Å². The summed E-state index contributed by atoms with van der Waals surface area (Å²) in [5, 5.41) is 0. The zero-order valence-electron chi connectivity index (χ0n) is 7.89. The van der Waals surface area contributed by atoms with Gasteiger partial charge in [-0.25, -0.2) is 4.39 Å². The summed E-state index contributed by atoms with van der Waals surface area (Å²) in [6.07, 6.45) is -5.28. The molecule has 0 radical (unpaired) electrons. The minimum atomic E-state index is -6.20. The molecule has 0 N–H and O–H groups in total. The van der Waals surface area contributed by atoms with Gasteiger partial charge in [-0.2, -0.15) is 39.5 Å². The number of allylic oxidation sites excluding steroid dienone is 2. The fourth-order valence-electron chi connectivity index (χ4n) is 1.07. The molecule has 0 heterocycles. The predicted octanol–water partition coefficient (Wildman–Crippen LogP) is 3.67. The van der Waals surface area contributed by atoms with Crippen LogP contribution in [0.25, 0.3) is 0 Å². The van der Waals surface area contributed by atoms with Crippen molar-refractivity contribution in [1.82, 2.24) is 0 Å². The number of hydrogen-bond donors (Lipinski definition) is 0. The highest BCUT2D eigenvalue weighted by molar-refractivity contribution is 5.33. The molecule has 0 aromatic rings. The Morgan fingerprint density at radius 2 is 1.33 bits per heavy atom. The van der Waals surface area contributed by atoms with E-state index in [0.717, 1.165) is 0 Å². The fourth-order valence-corrected chi connectivity index (χ4v) is 1.07. The Morgan fingerprint density at radius 3 is 1.61 bits per heavy atom. The molecular formula is C7H2F10O. The maximum absolute atomic E-state index is 12.7. The summed E-state index contributed by atoms with van der Waals surface area (Å²) in [5.74, 6) is -24.4. The van der Waals surface area contributed by atoms with Crippen LogP contribution in [0.5, 0.6) is 0 Å². The predicted molar refractivity (Wildman–Crippen MR) is 35.0 cm³/mol. The Labute approximate surface area is 92.0 Å². The van der Waals surface area contributed by atoms with Crippen molar-refractivity contribution < 1.29 is 48.6 Å². The highest BCUT2D eigenvalue weighted by Crippen LogP contribution is 2.59. The third-order valence-corrected chi connectivity index (χ3v) is 1.93. The van der Waals surface area contributed by atoms with Crippen molar-refractivity contribution in [2.45, 2.75) is 23.9 Å². The molecule has 0 bridgehead atoms. The molecule has 11 heteroatoms. The molecule has 1 aliphatic rings. The topological polar surface area (TPSA) is 9.23 Å². The second-order valence-electron chi connectivity index (χ2n) is 3.27. The van der Waals surface area contributed by atoms with Crippen LogP contribution in [0.15, 0.2) is 11.6 Å². The molecule has 1 aliphatic carbocycles. The highest BCUT2D eigenvalue weighted by Gasteiger charge is 2.82. The quantitative estimate of drug-likeness (QED) is 0.706. The monoisotopic (exact) mass is 292 g/mol. The smallest absolute Gasteiger partial charge is 0.422 e. The summed E-state index contributed by atoms with van der Waals surface area (Å²) >= 11 is 0. The number of alkyl halides is 9. The standard InChI is InChI=1S/C7H2F10O/c8-2-3(18-1-4(9,10)11)6(14,15)7(16,17)5(2,12)13/h1H2. The first kappa shape index (κ1) is 14.9. The molecule has 18 heavy (non-hydrogen) atoms. The first-order chi connectivity index (χ1) is 7.75. The fraction of sp³-hybridized carbons (Fsp3) is 0.714. The molecule has 0 saturated heterocycles. The van der Waals surface area contributed by atoms with E-state index >= 15 is 0 Å². The third kappa shape index (κ3) is 1.88. The maximum atomic E-state index is 12.7. The second kappa shape index (κ2) is 3.67. The van der Waals surface area contributed by atoms with Crippen molar-refractivity contribution in [3.05, 3.63) is 11.6 Å². The molecular weight excluding hydrogens is 290 g/mol. The molecule has 0 aliphatic heterocycles. The molecule has 1 rings (SSSR count). The van der Waals surface area contributed by atoms with Gasteiger partial charge in [0.25, 0.3) is 0 Å². The van der Waals surface area contributed by atoms with Gasteiger partial charge in [-0.1, -0.05) is 0 Å². The van der Waals surface area contributed by atoms with E-state index in [-0.39, 0.29) is 0 Å². The van der Waals surface area contributed by atoms with Crippen LogP contribution in [0.4, 0.5) is 43.9 Å². The molecule has 0 aromatic carbocycles. The van der Waals surface area contributed by atoms with Crippen LogP contribution in [0.3, 0.4) is 0 Å². The van der Waals surface area contributed by atoms with Crippen molar-refractivity contribution in [1.29, 1.82) is 0 Å². The van der Waals surface area contributed by atoms with Crippen LogP contribution < -0.4 is 0 Å². The van der Waals surface area contributed by atoms with E-state index in [1.165, 1.54) is 0 Å². The van der Waals surface area contributed by atoms with Gasteiger partial charge < -0.3 is 4.74 Å². The van der Waals surface area contributed by atoms with Crippen molar-refractivity contribution in [2.75, 3.05) is 6.61 Å². The number of ether oxygens (including phenoxy) is 1. The molecule has 0 amide bonds. The van der Waals surface area contributed by atoms with Gasteiger partial charge >= 0.3 is 23.9 Å². The Bertz CT molecular complexity index is 378. The lowest BCUT2D eigenvalue weighted by atomic mass is 10.1. The van der Waals surface area contributed by atoms with Gasteiger partial charge in [0, 0.05) is 0 Å². The van der Waals surface area contributed by atoms with Gasteiger partial charge in [0.2, 0.25) is 11.6 Å². The van der Waals surface area contributed by atoms with Crippen LogP contribution in [0.1, 0.15) is 0 Å². The van der Waals surface area contributed by atoms with Gasteiger partial charge in [0.1, 0.15) is 0 Å². The minimum Gasteiger partial charge on any atom is -0.479 e. The average molecular weight is 292 g/mol. The summed E-state index contributed by atoms with van der Waals surface area (Å²) < 4.78 is 126. The maximum Gasteiger partial charge on any atom is 0.422 e. The molecule has 0 atom stereocenters. The van der Waals surface area contributed by atoms with Gasteiger partial charge in [-0.3, -0.25) is 0 Å². The van der Waals surface area contributed by atoms with E-state index < -0.39 is 42.1 Å². The molecule has 0 unspecified atom stereocenters. The Kier molecular flexibility index (Phi) is 3.04. The van der Waals surface area contributed by atoms with Crippen molar-refractivity contribution in [3.8, 4) is 0 Å². The van der Waals surface area contributed by atoms with Gasteiger partial charge in [-0.05, 0) is 0 Å². The summed E-state index contributed by atoms with van der Waals surface area (Å²) in [5.41, 5.74) is 0. The molecule has 0 saturated carbocycles. The SMILES string of the molecule is FC1=C(OCC(F)(F)F)C(F)(F)C(F)(F)C1(F)F. The summed E-state index contributed by atoms with van der Waals surface area (Å²) in [6.45, 7) is -2.60. The molecule has 1 nitrogen and oxygen atoms in total. The van der Waals surface area contributed by atoms with E-state index in [4.69, 9.17) is 0 Å². The first-order valence-corrected chi connectivity index (χ1v) is 3.99. The van der Waals surface area contributed by atoms with Crippen LogP contribution in [0.2, 0.25) is 0 Å². The van der Waals surface area contributed by atoms with Crippen LogP contribution in [0, 0.1) is 0 Å². The lowest BCUT2D eigenvalue weighted by molar-refractivity contribution is -0.276. The van der Waals surface area contributed by atoms with E-state index in [1.807, 2.05) is 0 Å². The summed E-state index contributed by atoms with van der Waals surface area (Å²) in [6, 6.07) is 0. The molecule has 0 spiro atoms. The zero-order chi connectivity index (χ0) is 14.6. The largest absolute Gasteiger partial charge is 0.479 e. The Hall–Kier alpha value is -1.16. The molecule has 106 valence electrons. The van der Waals surface area contributed by atoms with Crippen molar-refractivity contribution in [3.63, 3.8) is 0 Å². The minimum absolute atomic E-state index is 2.60. The average Bonchev–Trinajstić information content (AvgIpc) is 2.21. The highest BCUT2D eigenvalue weighted by atomic mass is 19.4. The van der Waals surface area contributed by atoms with E-state index in [1.54, 1.807) is 0 Å². The lowest BCUT2D eigenvalue weighted by Crippen LogP contribution is -2.49. The van der Waals surface area contributed by atoms with Crippen LogP contribution in [-0.4, -0.2) is 30.6 Å². The third-order valence-electron chi connectivity index (χ3n) is 1.93. The van der Waals surface area contributed by atoms with Crippen LogP contribution in [-0.2, 0) is 4.74 Å². The van der Waals surface area contributed by atoms with E-state index in [2.05, 4.69) is 4.74 Å². The number of hydrogen-bond acceptors (Lipinski definition) is 1. The zero-order valence-corrected chi connectivity index (χ0v) is 7.89. The first-order valence-electron chi connectivity index (χ1n) is 3.99. The van der Waals surface area contributed by atoms with E-state index in [0.29, 0.717) is 0 Å². The van der Waals surface area contributed by atoms with Gasteiger partial charge in [0.15, 0.2) is 6.61 Å². The van der Waals surface area contributed by atoms with Crippen molar-refractivity contribution >= 4 is 0 Å². The van der Waals surface area contributed by atoms with E-state index in [9.17, 15) is 43.9 Å². The number of halogens is 10. The Morgan fingerprint density at radius 1 is 0.889 bits per heavy atom. The van der Waals surface area contributed by atoms with Gasteiger partial charge in [0.05, 0.1) is 0 Å². The van der Waals surface area contributed by atoms with Crippen molar-refractivity contribution in [2.24, 2.45) is 0 Å². The summed E-state index contributed by atoms with van der Waals surface area (Å²) in [7, 11) is 0. The lowest BCUT2D eigenvalue weighted by Gasteiger charge is -2.24. The molecule has 0 aromatic heterocycles. The second-order valence-corrected chi connectivity index (χ2v) is 3.27. The normalized spacial score (nSPS) is 25.4. The van der Waals surface area contributed by atoms with Crippen LogP contribution >= 0.6 is 0 Å². The Balaban J connectivity index is 3.14.